The zero-order valence-corrected chi connectivity index (χ0v) is 34.9. The van der Waals surface area contributed by atoms with Crippen molar-refractivity contribution in [1.82, 2.24) is 0 Å². The van der Waals surface area contributed by atoms with Crippen molar-refractivity contribution < 1.29 is 0 Å². The number of para-hydroxylation sites is 1. The molecule has 0 spiro atoms. The maximum absolute atomic E-state index is 2.63. The Bertz CT molecular complexity index is 2800. The lowest BCUT2D eigenvalue weighted by molar-refractivity contribution is 0.445. The normalized spacial score (nSPS) is 16.5. The fourth-order valence-electron chi connectivity index (χ4n) is 10.5. The molecule has 2 aliphatic carbocycles. The summed E-state index contributed by atoms with van der Waals surface area (Å²) < 4.78 is 0. The monoisotopic (exact) mass is 763 g/mol. The molecule has 1 nitrogen and oxygen atoms in total. The fraction of sp³-hybridized carbons (Fsp3) is 0.207. The van der Waals surface area contributed by atoms with Gasteiger partial charge in [0.05, 0.1) is 17.1 Å². The number of nitrogens with zero attached hydrogens (tertiary/aromatic N) is 1. The van der Waals surface area contributed by atoms with Crippen LogP contribution in [0.3, 0.4) is 0 Å². The largest absolute Gasteiger partial charge is 0.309 e. The lowest BCUT2D eigenvalue weighted by Gasteiger charge is -2.34. The van der Waals surface area contributed by atoms with Crippen LogP contribution in [-0.2, 0) is 10.8 Å². The molecule has 290 valence electrons. The minimum absolute atomic E-state index is 0.0587. The van der Waals surface area contributed by atoms with E-state index in [2.05, 4.69) is 215 Å². The van der Waals surface area contributed by atoms with Gasteiger partial charge in [-0.2, -0.15) is 0 Å². The van der Waals surface area contributed by atoms with Crippen LogP contribution in [0.25, 0.3) is 44.2 Å². The molecule has 59 heavy (non-hydrogen) atoms. The van der Waals surface area contributed by atoms with E-state index in [4.69, 9.17) is 0 Å². The van der Waals surface area contributed by atoms with Gasteiger partial charge in [-0.25, -0.2) is 0 Å². The van der Waals surface area contributed by atoms with Gasteiger partial charge in [0.1, 0.15) is 0 Å². The second-order valence-electron chi connectivity index (χ2n) is 18.0. The summed E-state index contributed by atoms with van der Waals surface area (Å²) in [6, 6.07) is 68.6. The van der Waals surface area contributed by atoms with Crippen molar-refractivity contribution in [1.29, 1.82) is 0 Å². The Kier molecular flexibility index (Phi) is 9.36. The Hall–Kier alpha value is -6.18. The van der Waals surface area contributed by atoms with Crippen molar-refractivity contribution in [2.24, 2.45) is 0 Å². The van der Waals surface area contributed by atoms with Crippen LogP contribution in [0.5, 0.6) is 0 Å². The SMILES string of the molecule is CC(C)(C)c1ccc(-c2ccccc2)c(N(c2ccccc2-c2cccc3cccc(C4CCCCC4)c23)c2cccc3c2-c2ccccc2C3(C)c2ccccc2)c1. The first-order chi connectivity index (χ1) is 28.8. The summed E-state index contributed by atoms with van der Waals surface area (Å²) in [7, 11) is 0. The lowest BCUT2D eigenvalue weighted by atomic mass is 9.74. The minimum atomic E-state index is -0.325. The molecule has 1 unspecified atom stereocenters. The Morgan fingerprint density at radius 1 is 0.492 bits per heavy atom. The van der Waals surface area contributed by atoms with E-state index < -0.39 is 0 Å². The first-order valence-corrected chi connectivity index (χ1v) is 21.7. The van der Waals surface area contributed by atoms with E-state index in [0.717, 1.165) is 0 Å². The van der Waals surface area contributed by atoms with Gasteiger partial charge >= 0.3 is 0 Å². The molecule has 1 saturated carbocycles. The summed E-state index contributed by atoms with van der Waals surface area (Å²) in [4.78, 5) is 2.63. The van der Waals surface area contributed by atoms with Crippen molar-refractivity contribution in [3.8, 4) is 33.4 Å². The van der Waals surface area contributed by atoms with Gasteiger partial charge in [0, 0.05) is 22.1 Å². The van der Waals surface area contributed by atoms with E-state index in [-0.39, 0.29) is 10.8 Å². The van der Waals surface area contributed by atoms with Crippen LogP contribution in [0.2, 0.25) is 0 Å². The smallest absolute Gasteiger partial charge is 0.0543 e. The third-order valence-electron chi connectivity index (χ3n) is 13.5. The van der Waals surface area contributed by atoms with Crippen LogP contribution in [0.4, 0.5) is 17.1 Å². The minimum Gasteiger partial charge on any atom is -0.309 e. The Morgan fingerprint density at radius 2 is 1.10 bits per heavy atom. The number of anilines is 3. The molecule has 0 aliphatic heterocycles. The summed E-state index contributed by atoms with van der Waals surface area (Å²) in [6.07, 6.45) is 6.48. The van der Waals surface area contributed by atoms with Gasteiger partial charge in [-0.3, -0.25) is 0 Å². The molecule has 0 radical (unpaired) electrons. The third-order valence-corrected chi connectivity index (χ3v) is 13.5. The van der Waals surface area contributed by atoms with E-state index >= 15 is 0 Å². The van der Waals surface area contributed by atoms with Gasteiger partial charge in [0.15, 0.2) is 0 Å². The number of benzene rings is 8. The Labute approximate surface area is 351 Å². The van der Waals surface area contributed by atoms with E-state index in [0.29, 0.717) is 5.92 Å². The van der Waals surface area contributed by atoms with Crippen LogP contribution in [-0.4, -0.2) is 0 Å². The Morgan fingerprint density at radius 3 is 1.86 bits per heavy atom. The average molecular weight is 764 g/mol. The summed E-state index contributed by atoms with van der Waals surface area (Å²) in [6.45, 7) is 9.42. The summed E-state index contributed by atoms with van der Waals surface area (Å²) in [5.74, 6) is 0.578. The van der Waals surface area contributed by atoms with E-state index in [1.807, 2.05) is 0 Å². The summed E-state index contributed by atoms with van der Waals surface area (Å²) >= 11 is 0. The maximum Gasteiger partial charge on any atom is 0.0543 e. The third kappa shape index (κ3) is 6.31. The second kappa shape index (κ2) is 14.9. The van der Waals surface area contributed by atoms with Gasteiger partial charge < -0.3 is 4.90 Å². The first kappa shape index (κ1) is 37.1. The maximum atomic E-state index is 2.63. The standard InChI is InChI=1S/C58H53N/c1-57(2,3)44-37-38-45(40-21-8-5-9-22-40)54(39-44)59(53-36-20-34-51-56(53)49-30-14-16-33-50(49)58(51,4)43-27-12-7-13-28-43)52-35-17-15-29-47(52)48-32-19-26-42-25-18-31-46(55(42)48)41-23-10-6-11-24-41/h5,7-9,12-22,25-39,41H,6,10-11,23-24H2,1-4H3. The summed E-state index contributed by atoms with van der Waals surface area (Å²) in [5.41, 5.74) is 17.5. The van der Waals surface area contributed by atoms with E-state index in [1.54, 1.807) is 0 Å². The molecule has 2 aliphatic rings. The number of rotatable bonds is 7. The van der Waals surface area contributed by atoms with Crippen molar-refractivity contribution >= 4 is 27.8 Å². The first-order valence-electron chi connectivity index (χ1n) is 21.7. The molecule has 0 N–H and O–H groups in total. The van der Waals surface area contributed by atoms with Crippen LogP contribution in [0.1, 0.15) is 93.5 Å². The molecule has 0 heterocycles. The molecule has 0 amide bonds. The van der Waals surface area contributed by atoms with Crippen LogP contribution in [0, 0.1) is 0 Å². The second-order valence-corrected chi connectivity index (χ2v) is 18.0. The van der Waals surface area contributed by atoms with Crippen molar-refractivity contribution in [2.75, 3.05) is 4.90 Å². The fourth-order valence-corrected chi connectivity index (χ4v) is 10.5. The average Bonchev–Trinajstić information content (AvgIpc) is 3.56. The highest BCUT2D eigenvalue weighted by molar-refractivity contribution is 6.06. The quantitative estimate of drug-likeness (QED) is 0.156. The predicted octanol–water partition coefficient (Wildman–Crippen LogP) is 16.3. The molecule has 0 aromatic heterocycles. The van der Waals surface area contributed by atoms with Gasteiger partial charge in [-0.15, -0.1) is 0 Å². The molecule has 1 atom stereocenters. The molecule has 1 heteroatoms. The van der Waals surface area contributed by atoms with Crippen LogP contribution >= 0.6 is 0 Å². The van der Waals surface area contributed by atoms with Gasteiger partial charge in [0.2, 0.25) is 0 Å². The molecule has 8 aromatic rings. The predicted molar refractivity (Wildman–Crippen MR) is 251 cm³/mol. The summed E-state index contributed by atoms with van der Waals surface area (Å²) in [5, 5.41) is 2.72. The molecule has 0 bridgehead atoms. The zero-order chi connectivity index (χ0) is 40.1. The topological polar surface area (TPSA) is 3.24 Å². The number of fused-ring (bicyclic) bond motifs is 4. The van der Waals surface area contributed by atoms with Crippen molar-refractivity contribution in [3.05, 3.63) is 210 Å². The molecule has 8 aromatic carbocycles. The number of hydrogen-bond acceptors (Lipinski definition) is 1. The van der Waals surface area contributed by atoms with E-state index in [9.17, 15) is 0 Å². The molecular weight excluding hydrogens is 711 g/mol. The molecular formula is C58H53N. The van der Waals surface area contributed by atoms with Crippen LogP contribution in [0.15, 0.2) is 182 Å². The zero-order valence-electron chi connectivity index (χ0n) is 34.9. The molecule has 1 fully saturated rings. The highest BCUT2D eigenvalue weighted by Crippen LogP contribution is 2.58. The lowest BCUT2D eigenvalue weighted by Crippen LogP contribution is -2.22. The van der Waals surface area contributed by atoms with Gasteiger partial charge in [0.25, 0.3) is 0 Å². The van der Waals surface area contributed by atoms with Gasteiger partial charge in [-0.1, -0.05) is 204 Å². The van der Waals surface area contributed by atoms with Crippen LogP contribution < -0.4 is 4.90 Å². The number of hydrogen-bond donors (Lipinski definition) is 0. The van der Waals surface area contributed by atoms with Crippen molar-refractivity contribution in [3.63, 3.8) is 0 Å². The highest BCUT2D eigenvalue weighted by atomic mass is 15.2. The van der Waals surface area contributed by atoms with Gasteiger partial charge in [-0.05, 0) is 105 Å². The van der Waals surface area contributed by atoms with Crippen molar-refractivity contribution in [2.45, 2.75) is 76.5 Å². The molecule has 10 rings (SSSR count). The Balaban J connectivity index is 1.31. The van der Waals surface area contributed by atoms with E-state index in [1.165, 1.54) is 121 Å². The highest BCUT2D eigenvalue weighted by Gasteiger charge is 2.43. The molecule has 0 saturated heterocycles.